The Bertz CT molecular complexity index is 547. The fourth-order valence-electron chi connectivity index (χ4n) is 3.22. The molecule has 128 valence electrons. The lowest BCUT2D eigenvalue weighted by molar-refractivity contribution is -0.148. The summed E-state index contributed by atoms with van der Waals surface area (Å²) in [5.41, 5.74) is 0.751. The Morgan fingerprint density at radius 3 is 2.87 bits per heavy atom. The summed E-state index contributed by atoms with van der Waals surface area (Å²) in [6, 6.07) is 3.59. The summed E-state index contributed by atoms with van der Waals surface area (Å²) in [7, 11) is 1.58. The lowest BCUT2D eigenvalue weighted by Gasteiger charge is -2.38. The van der Waals surface area contributed by atoms with Crippen LogP contribution in [0.3, 0.4) is 0 Å². The molecule has 1 heterocycles. The fourth-order valence-corrected chi connectivity index (χ4v) is 3.22. The summed E-state index contributed by atoms with van der Waals surface area (Å²) in [5, 5.41) is 3.02. The molecular formula is C18H28N2O3. The van der Waals surface area contributed by atoms with Crippen molar-refractivity contribution in [2.24, 2.45) is 5.92 Å². The number of nitrogens with zero attached hydrogens (tertiary/aromatic N) is 1. The molecule has 0 unspecified atom stereocenters. The van der Waals surface area contributed by atoms with Gasteiger partial charge in [-0.05, 0) is 44.6 Å². The Labute approximate surface area is 138 Å². The van der Waals surface area contributed by atoms with E-state index in [1.807, 2.05) is 13.0 Å². The number of pyridine rings is 1. The van der Waals surface area contributed by atoms with Crippen molar-refractivity contribution < 1.29 is 14.3 Å². The first-order chi connectivity index (χ1) is 11.0. The van der Waals surface area contributed by atoms with Crippen LogP contribution < -0.4 is 10.1 Å². The van der Waals surface area contributed by atoms with Crippen molar-refractivity contribution in [1.29, 1.82) is 0 Å². The maximum absolute atomic E-state index is 13.0. The highest BCUT2D eigenvalue weighted by Crippen LogP contribution is 2.36. The second-order valence-electron chi connectivity index (χ2n) is 6.48. The number of aromatic nitrogens is 1. The van der Waals surface area contributed by atoms with Gasteiger partial charge in [-0.1, -0.05) is 20.3 Å². The Morgan fingerprint density at radius 1 is 1.48 bits per heavy atom. The first-order valence-electron chi connectivity index (χ1n) is 8.48. The van der Waals surface area contributed by atoms with Crippen LogP contribution in [0, 0.1) is 12.8 Å². The Balaban J connectivity index is 2.17. The molecule has 1 fully saturated rings. The molecule has 5 heteroatoms. The third-order valence-corrected chi connectivity index (χ3v) is 4.47. The van der Waals surface area contributed by atoms with Crippen LogP contribution in [0.1, 0.15) is 51.6 Å². The molecule has 1 aliphatic rings. The molecule has 1 aromatic rings. The van der Waals surface area contributed by atoms with Gasteiger partial charge >= 0.3 is 0 Å². The molecule has 5 nitrogen and oxygen atoms in total. The van der Waals surface area contributed by atoms with E-state index in [0.29, 0.717) is 24.1 Å². The van der Waals surface area contributed by atoms with Crippen molar-refractivity contribution in [2.45, 2.75) is 58.5 Å². The molecule has 0 aliphatic heterocycles. The smallest absolute Gasteiger partial charge is 0.256 e. The average molecular weight is 320 g/mol. The molecule has 0 spiro atoms. The van der Waals surface area contributed by atoms with Gasteiger partial charge in [0.1, 0.15) is 5.60 Å². The van der Waals surface area contributed by atoms with Crippen molar-refractivity contribution in [2.75, 3.05) is 19.0 Å². The van der Waals surface area contributed by atoms with E-state index < -0.39 is 5.60 Å². The lowest BCUT2D eigenvalue weighted by Crippen LogP contribution is -2.49. The molecule has 0 aromatic carbocycles. The van der Waals surface area contributed by atoms with Crippen molar-refractivity contribution in [3.05, 3.63) is 17.8 Å². The van der Waals surface area contributed by atoms with E-state index >= 15 is 0 Å². The number of carbonyl (C=O) groups excluding carboxylic acids is 1. The number of anilines is 1. The molecular weight excluding hydrogens is 292 g/mol. The van der Waals surface area contributed by atoms with Crippen LogP contribution >= 0.6 is 0 Å². The first kappa shape index (κ1) is 17.7. The SMILES string of the molecule is CCCO[C@@]1(C(=O)Nc2ccc(OC)nc2C)CCC[C@@H](C)C1. The maximum Gasteiger partial charge on any atom is 0.256 e. The van der Waals surface area contributed by atoms with Gasteiger partial charge in [0.15, 0.2) is 0 Å². The van der Waals surface area contributed by atoms with Gasteiger partial charge in [0.25, 0.3) is 5.91 Å². The van der Waals surface area contributed by atoms with E-state index in [9.17, 15) is 4.79 Å². The van der Waals surface area contributed by atoms with E-state index in [2.05, 4.69) is 24.1 Å². The summed E-state index contributed by atoms with van der Waals surface area (Å²) < 4.78 is 11.2. The number of aryl methyl sites for hydroxylation is 1. The number of hydrogen-bond donors (Lipinski definition) is 1. The number of nitrogens with one attached hydrogen (secondary N) is 1. The molecule has 1 amide bonds. The molecule has 0 radical (unpaired) electrons. The van der Waals surface area contributed by atoms with Crippen LogP contribution in [0.25, 0.3) is 0 Å². The van der Waals surface area contributed by atoms with E-state index in [1.54, 1.807) is 13.2 Å². The Morgan fingerprint density at radius 2 is 2.26 bits per heavy atom. The Kier molecular flexibility index (Phi) is 5.99. The van der Waals surface area contributed by atoms with E-state index in [-0.39, 0.29) is 5.91 Å². The van der Waals surface area contributed by atoms with Gasteiger partial charge in [-0.25, -0.2) is 4.98 Å². The average Bonchev–Trinajstić information content (AvgIpc) is 2.54. The first-order valence-corrected chi connectivity index (χ1v) is 8.48. The molecule has 2 rings (SSSR count). The van der Waals surface area contributed by atoms with Gasteiger partial charge in [0.2, 0.25) is 5.88 Å². The number of rotatable bonds is 6. The zero-order valence-electron chi connectivity index (χ0n) is 14.6. The molecule has 2 atom stereocenters. The molecule has 0 saturated heterocycles. The van der Waals surface area contributed by atoms with Crippen molar-refractivity contribution >= 4 is 11.6 Å². The summed E-state index contributed by atoms with van der Waals surface area (Å²) in [4.78, 5) is 17.3. The van der Waals surface area contributed by atoms with Gasteiger partial charge in [-0.3, -0.25) is 4.79 Å². The summed E-state index contributed by atoms with van der Waals surface area (Å²) in [5.74, 6) is 0.998. The van der Waals surface area contributed by atoms with Crippen molar-refractivity contribution in [1.82, 2.24) is 4.98 Å². The minimum absolute atomic E-state index is 0.0485. The van der Waals surface area contributed by atoms with Crippen LogP contribution in [0.15, 0.2) is 12.1 Å². The van der Waals surface area contributed by atoms with Crippen LogP contribution in [0.4, 0.5) is 5.69 Å². The van der Waals surface area contributed by atoms with E-state index in [4.69, 9.17) is 9.47 Å². The van der Waals surface area contributed by atoms with Crippen molar-refractivity contribution in [3.8, 4) is 5.88 Å². The number of ether oxygens (including phenoxy) is 2. The topological polar surface area (TPSA) is 60.5 Å². The largest absolute Gasteiger partial charge is 0.481 e. The third kappa shape index (κ3) is 4.22. The summed E-state index contributed by atoms with van der Waals surface area (Å²) in [6.07, 6.45) is 4.66. The minimum atomic E-state index is -0.708. The zero-order chi connectivity index (χ0) is 16.9. The monoisotopic (exact) mass is 320 g/mol. The van der Waals surface area contributed by atoms with Crippen LogP contribution in [-0.2, 0) is 9.53 Å². The van der Waals surface area contributed by atoms with Gasteiger partial charge in [0, 0.05) is 12.7 Å². The predicted molar refractivity (Wildman–Crippen MR) is 90.8 cm³/mol. The molecule has 1 saturated carbocycles. The molecule has 1 aliphatic carbocycles. The van der Waals surface area contributed by atoms with Crippen LogP contribution in [0.5, 0.6) is 5.88 Å². The highest BCUT2D eigenvalue weighted by Gasteiger charge is 2.42. The predicted octanol–water partition coefficient (Wildman–Crippen LogP) is 3.71. The van der Waals surface area contributed by atoms with Gasteiger partial charge in [-0.2, -0.15) is 0 Å². The van der Waals surface area contributed by atoms with Crippen molar-refractivity contribution in [3.63, 3.8) is 0 Å². The van der Waals surface area contributed by atoms with Gasteiger partial charge in [-0.15, -0.1) is 0 Å². The third-order valence-electron chi connectivity index (χ3n) is 4.47. The molecule has 1 N–H and O–H groups in total. The highest BCUT2D eigenvalue weighted by molar-refractivity contribution is 5.97. The maximum atomic E-state index is 13.0. The Hall–Kier alpha value is -1.62. The second-order valence-corrected chi connectivity index (χ2v) is 6.48. The van der Waals surface area contributed by atoms with Crippen LogP contribution in [0.2, 0.25) is 0 Å². The van der Waals surface area contributed by atoms with Gasteiger partial charge < -0.3 is 14.8 Å². The highest BCUT2D eigenvalue weighted by atomic mass is 16.5. The molecule has 23 heavy (non-hydrogen) atoms. The number of methoxy groups -OCH3 is 1. The standard InChI is InChI=1S/C18H28N2O3/c1-5-11-23-18(10-6-7-13(2)12-18)17(21)20-15-8-9-16(22-4)19-14(15)3/h8-9,13H,5-7,10-12H2,1-4H3,(H,20,21)/t13-,18+/m1/s1. The van der Waals surface area contributed by atoms with E-state index in [1.165, 1.54) is 0 Å². The second kappa shape index (κ2) is 7.77. The lowest BCUT2D eigenvalue weighted by atomic mass is 9.78. The zero-order valence-corrected chi connectivity index (χ0v) is 14.6. The fraction of sp³-hybridized carbons (Fsp3) is 0.667. The summed E-state index contributed by atoms with van der Waals surface area (Å²) >= 11 is 0. The van der Waals surface area contributed by atoms with Crippen LogP contribution in [-0.4, -0.2) is 30.2 Å². The molecule has 0 bridgehead atoms. The van der Waals surface area contributed by atoms with E-state index in [0.717, 1.165) is 37.8 Å². The number of amides is 1. The molecule has 1 aromatic heterocycles. The van der Waals surface area contributed by atoms with Gasteiger partial charge in [0.05, 0.1) is 18.5 Å². The quantitative estimate of drug-likeness (QED) is 0.868. The minimum Gasteiger partial charge on any atom is -0.481 e. The normalized spacial score (nSPS) is 24.3. The number of carbonyl (C=O) groups is 1. The number of hydrogen-bond acceptors (Lipinski definition) is 4. The summed E-state index contributed by atoms with van der Waals surface area (Å²) in [6.45, 7) is 6.73.